The first kappa shape index (κ1) is 24.0. The Morgan fingerprint density at radius 1 is 1.19 bits per heavy atom. The minimum absolute atomic E-state index is 0.0545. The van der Waals surface area contributed by atoms with Gasteiger partial charge < -0.3 is 16.4 Å². The summed E-state index contributed by atoms with van der Waals surface area (Å²) in [5.74, 6) is -1.94. The molecule has 37 heavy (non-hydrogen) atoms. The van der Waals surface area contributed by atoms with Crippen LogP contribution in [0.1, 0.15) is 42.4 Å². The van der Waals surface area contributed by atoms with E-state index < -0.39 is 23.3 Å². The number of hydrogen-bond acceptors (Lipinski definition) is 7. The molecule has 11 nitrogen and oxygen atoms in total. The minimum Gasteiger partial charge on any atom is -0.368 e. The van der Waals surface area contributed by atoms with Crippen LogP contribution in [0.2, 0.25) is 0 Å². The molecule has 4 N–H and O–H groups in total. The van der Waals surface area contributed by atoms with Crippen LogP contribution in [0.15, 0.2) is 42.6 Å². The van der Waals surface area contributed by atoms with Gasteiger partial charge in [0.15, 0.2) is 11.5 Å². The van der Waals surface area contributed by atoms with Crippen LogP contribution in [0.25, 0.3) is 22.6 Å². The van der Waals surface area contributed by atoms with E-state index in [-0.39, 0.29) is 41.3 Å². The number of hydrogen-bond donors (Lipinski definition) is 3. The van der Waals surface area contributed by atoms with Crippen LogP contribution in [0.5, 0.6) is 0 Å². The standard InChI is InChI=1S/C25H23FN8O3/c1-12(19(27)35)29-23(36)18-16-20(32-24(37)25(16,2)3)31-21(30-18)17-14-8-6-10-28-22(14)34(33-17)11-13-7-4-5-9-15(13)26/h4-10,12H,11H2,1-3H3,(H2,27,35)(H,29,36)(H,30,31,32,37)/t12-/m0/s1. The van der Waals surface area contributed by atoms with Crippen LogP contribution in [-0.2, 0) is 21.5 Å². The molecule has 0 fully saturated rings. The first-order valence-corrected chi connectivity index (χ1v) is 11.5. The van der Waals surface area contributed by atoms with Gasteiger partial charge in [0.25, 0.3) is 5.91 Å². The second-order valence-electron chi connectivity index (χ2n) is 9.27. The fourth-order valence-corrected chi connectivity index (χ4v) is 4.20. The van der Waals surface area contributed by atoms with Crippen molar-refractivity contribution in [2.24, 2.45) is 5.73 Å². The van der Waals surface area contributed by atoms with E-state index in [1.807, 2.05) is 0 Å². The zero-order chi connectivity index (χ0) is 26.5. The normalized spacial score (nSPS) is 14.8. The lowest BCUT2D eigenvalue weighted by Gasteiger charge is -2.19. The summed E-state index contributed by atoms with van der Waals surface area (Å²) in [6, 6.07) is 8.84. The van der Waals surface area contributed by atoms with Gasteiger partial charge in [-0.25, -0.2) is 24.0 Å². The summed E-state index contributed by atoms with van der Waals surface area (Å²) in [7, 11) is 0. The average molecular weight is 503 g/mol. The topological polar surface area (TPSA) is 158 Å². The molecule has 1 aliphatic heterocycles. The Morgan fingerprint density at radius 2 is 1.95 bits per heavy atom. The van der Waals surface area contributed by atoms with E-state index in [2.05, 4.69) is 30.7 Å². The van der Waals surface area contributed by atoms with Gasteiger partial charge in [-0.3, -0.25) is 14.4 Å². The molecule has 4 heterocycles. The number of primary amides is 1. The van der Waals surface area contributed by atoms with Gasteiger partial charge in [0.05, 0.1) is 17.3 Å². The van der Waals surface area contributed by atoms with Crippen molar-refractivity contribution in [1.82, 2.24) is 30.0 Å². The largest absolute Gasteiger partial charge is 0.368 e. The number of nitrogens with zero attached hydrogens (tertiary/aromatic N) is 5. The lowest BCUT2D eigenvalue weighted by Crippen LogP contribution is -2.43. The van der Waals surface area contributed by atoms with Crippen LogP contribution in [0, 0.1) is 5.82 Å². The van der Waals surface area contributed by atoms with E-state index in [1.54, 1.807) is 50.4 Å². The molecule has 12 heteroatoms. The Hall–Kier alpha value is -4.74. The van der Waals surface area contributed by atoms with Crippen molar-refractivity contribution in [3.8, 4) is 11.5 Å². The molecule has 0 aliphatic carbocycles. The third-order valence-corrected chi connectivity index (χ3v) is 6.32. The molecule has 0 saturated heterocycles. The Balaban J connectivity index is 1.68. The molecule has 3 aromatic heterocycles. The van der Waals surface area contributed by atoms with E-state index in [1.165, 1.54) is 17.7 Å². The molecule has 0 unspecified atom stereocenters. The number of halogens is 1. The van der Waals surface area contributed by atoms with Gasteiger partial charge >= 0.3 is 0 Å². The highest BCUT2D eigenvalue weighted by molar-refractivity contribution is 6.09. The van der Waals surface area contributed by atoms with Crippen molar-refractivity contribution in [3.63, 3.8) is 0 Å². The number of benzene rings is 1. The number of pyridine rings is 1. The maximum atomic E-state index is 14.4. The highest BCUT2D eigenvalue weighted by Gasteiger charge is 2.44. The molecule has 0 saturated carbocycles. The van der Waals surface area contributed by atoms with Crippen molar-refractivity contribution in [2.75, 3.05) is 5.32 Å². The smallest absolute Gasteiger partial charge is 0.271 e. The summed E-state index contributed by atoms with van der Waals surface area (Å²) in [6.07, 6.45) is 1.59. The fraction of sp³-hybridized carbons (Fsp3) is 0.240. The number of amides is 3. The van der Waals surface area contributed by atoms with Gasteiger partial charge in [0.2, 0.25) is 11.8 Å². The predicted molar refractivity (Wildman–Crippen MR) is 132 cm³/mol. The Bertz CT molecular complexity index is 1600. The molecular weight excluding hydrogens is 479 g/mol. The monoisotopic (exact) mass is 502 g/mol. The van der Waals surface area contributed by atoms with E-state index >= 15 is 0 Å². The molecule has 1 aromatic carbocycles. The Morgan fingerprint density at radius 3 is 2.68 bits per heavy atom. The van der Waals surface area contributed by atoms with Crippen molar-refractivity contribution in [3.05, 3.63) is 65.2 Å². The van der Waals surface area contributed by atoms with Crippen LogP contribution >= 0.6 is 0 Å². The maximum absolute atomic E-state index is 14.4. The lowest BCUT2D eigenvalue weighted by atomic mass is 9.85. The van der Waals surface area contributed by atoms with E-state index in [0.29, 0.717) is 22.2 Å². The van der Waals surface area contributed by atoms with E-state index in [9.17, 15) is 18.8 Å². The number of carbonyl (C=O) groups excluding carboxylic acids is 3. The van der Waals surface area contributed by atoms with Crippen molar-refractivity contribution < 1.29 is 18.8 Å². The molecule has 4 aromatic rings. The molecular formula is C25H23FN8O3. The van der Waals surface area contributed by atoms with Crippen molar-refractivity contribution >= 4 is 34.6 Å². The molecule has 188 valence electrons. The van der Waals surface area contributed by atoms with Crippen molar-refractivity contribution in [1.29, 1.82) is 0 Å². The quantitative estimate of drug-likeness (QED) is 0.363. The lowest BCUT2D eigenvalue weighted by molar-refractivity contribution is -0.120. The fourth-order valence-electron chi connectivity index (χ4n) is 4.20. The average Bonchev–Trinajstić information content (AvgIpc) is 3.33. The SMILES string of the molecule is C[C@H](NC(=O)c1nc(-c2nn(Cc3ccccc3F)c3ncccc23)nc2c1C(C)(C)C(=O)N2)C(N)=O. The van der Waals surface area contributed by atoms with Gasteiger partial charge in [-0.1, -0.05) is 18.2 Å². The van der Waals surface area contributed by atoms with Crippen LogP contribution in [0.3, 0.4) is 0 Å². The minimum atomic E-state index is -1.11. The molecule has 1 atom stereocenters. The molecule has 5 rings (SSSR count). The summed E-state index contributed by atoms with van der Waals surface area (Å²) in [5.41, 5.74) is 5.57. The number of nitrogens with two attached hydrogens (primary N) is 1. The van der Waals surface area contributed by atoms with Gasteiger partial charge in [-0.05, 0) is 39.0 Å². The molecule has 0 bridgehead atoms. The summed E-state index contributed by atoms with van der Waals surface area (Å²) in [5, 5.41) is 10.4. The number of nitrogens with one attached hydrogen (secondary N) is 2. The van der Waals surface area contributed by atoms with Crippen LogP contribution in [0.4, 0.5) is 10.2 Å². The first-order valence-electron chi connectivity index (χ1n) is 11.5. The molecule has 3 amide bonds. The second kappa shape index (κ2) is 8.73. The van der Waals surface area contributed by atoms with Crippen LogP contribution < -0.4 is 16.4 Å². The third kappa shape index (κ3) is 4.05. The maximum Gasteiger partial charge on any atom is 0.271 e. The predicted octanol–water partition coefficient (Wildman–Crippen LogP) is 1.91. The van der Waals surface area contributed by atoms with Gasteiger partial charge in [0, 0.05) is 17.3 Å². The number of rotatable bonds is 6. The van der Waals surface area contributed by atoms with Crippen LogP contribution in [-0.4, -0.2) is 48.5 Å². The summed E-state index contributed by atoms with van der Waals surface area (Å²) in [4.78, 5) is 50.9. The first-order chi connectivity index (χ1) is 17.6. The number of anilines is 1. The van der Waals surface area contributed by atoms with Crippen molar-refractivity contribution in [2.45, 2.75) is 38.8 Å². The Labute approximate surface area is 210 Å². The number of aromatic nitrogens is 5. The molecule has 0 radical (unpaired) electrons. The van der Waals surface area contributed by atoms with Gasteiger partial charge in [0.1, 0.15) is 29.1 Å². The zero-order valence-corrected chi connectivity index (χ0v) is 20.2. The summed E-state index contributed by atoms with van der Waals surface area (Å²) in [6.45, 7) is 4.83. The number of fused-ring (bicyclic) bond motifs is 2. The molecule has 0 spiro atoms. The van der Waals surface area contributed by atoms with E-state index in [0.717, 1.165) is 0 Å². The van der Waals surface area contributed by atoms with Gasteiger partial charge in [-0.2, -0.15) is 5.10 Å². The third-order valence-electron chi connectivity index (χ3n) is 6.32. The molecule has 1 aliphatic rings. The highest BCUT2D eigenvalue weighted by Crippen LogP contribution is 2.39. The Kier molecular flexibility index (Phi) is 5.66. The van der Waals surface area contributed by atoms with Gasteiger partial charge in [-0.15, -0.1) is 0 Å². The zero-order valence-electron chi connectivity index (χ0n) is 20.2. The summed E-state index contributed by atoms with van der Waals surface area (Å²) >= 11 is 0. The van der Waals surface area contributed by atoms with E-state index in [4.69, 9.17) is 5.73 Å². The number of carbonyl (C=O) groups is 3. The highest BCUT2D eigenvalue weighted by atomic mass is 19.1. The second-order valence-corrected chi connectivity index (χ2v) is 9.27. The summed E-state index contributed by atoms with van der Waals surface area (Å²) < 4.78 is 15.9.